The van der Waals surface area contributed by atoms with E-state index in [1.165, 1.54) is 0 Å². The first-order valence-corrected chi connectivity index (χ1v) is 18.8. The molecule has 45 heavy (non-hydrogen) atoms. The maximum absolute atomic E-state index is 7.05. The van der Waals surface area contributed by atoms with Gasteiger partial charge in [0, 0.05) is 24.3 Å². The zero-order valence-electron chi connectivity index (χ0n) is 25.4. The van der Waals surface area contributed by atoms with Crippen LogP contribution in [-0.4, -0.2) is 25.4 Å². The van der Waals surface area contributed by atoms with Crippen molar-refractivity contribution in [1.29, 1.82) is 0 Å². The van der Waals surface area contributed by atoms with Crippen molar-refractivity contribution in [3.05, 3.63) is 61.4 Å². The molecule has 2 aliphatic rings. The van der Waals surface area contributed by atoms with Crippen molar-refractivity contribution in [2.75, 3.05) is 13.2 Å². The van der Waals surface area contributed by atoms with Crippen molar-refractivity contribution in [2.24, 2.45) is 10.8 Å². The molecule has 6 unspecified atom stereocenters. The van der Waals surface area contributed by atoms with Crippen LogP contribution in [0.3, 0.4) is 0 Å². The molecule has 0 spiro atoms. The average Bonchev–Trinajstić information content (AvgIpc) is 2.96. The third-order valence-corrected chi connectivity index (χ3v) is 14.6. The Morgan fingerprint density at radius 3 is 1.04 bits per heavy atom. The summed E-state index contributed by atoms with van der Waals surface area (Å²) in [6, 6.07) is 0. The second-order valence-corrected chi connectivity index (χ2v) is 16.2. The first-order chi connectivity index (χ1) is 21.1. The minimum absolute atomic E-state index is 0.0650. The summed E-state index contributed by atoms with van der Waals surface area (Å²) in [4.78, 5) is 0. The number of rotatable bonds is 14. The molecule has 0 amide bonds. The summed E-state index contributed by atoms with van der Waals surface area (Å²) >= 11 is 66.5. The zero-order valence-corrected chi connectivity index (χ0v) is 32.9. The third kappa shape index (κ3) is 7.93. The predicted octanol–water partition coefficient (Wildman–Crippen LogP) is 15.0. The summed E-state index contributed by atoms with van der Waals surface area (Å²) < 4.78 is 18.9. The molecule has 3 nitrogen and oxygen atoms in total. The van der Waals surface area contributed by atoms with E-state index >= 15 is 0 Å². The van der Waals surface area contributed by atoms with Crippen LogP contribution in [0.15, 0.2) is 0 Å². The van der Waals surface area contributed by atoms with Crippen LogP contribution < -0.4 is 0 Å². The maximum atomic E-state index is 7.05. The molecule has 0 aromatic heterocycles. The van der Waals surface area contributed by atoms with Crippen LogP contribution in [0.1, 0.15) is 102 Å². The Balaban J connectivity index is 1.83. The van der Waals surface area contributed by atoms with Crippen molar-refractivity contribution < 1.29 is 14.2 Å². The average molecular weight is 823 g/mol. The van der Waals surface area contributed by atoms with Gasteiger partial charge in [-0.2, -0.15) is 0 Å². The molecule has 13 heteroatoms. The Kier molecular flexibility index (Phi) is 13.9. The molecule has 2 saturated heterocycles. The van der Waals surface area contributed by atoms with Crippen LogP contribution in [-0.2, 0) is 14.2 Å². The topological polar surface area (TPSA) is 27.7 Å². The van der Waals surface area contributed by atoms with E-state index in [0.29, 0.717) is 24.0 Å². The van der Waals surface area contributed by atoms with Gasteiger partial charge in [0.25, 0.3) is 0 Å². The van der Waals surface area contributed by atoms with Gasteiger partial charge in [-0.15, -0.1) is 0 Å². The highest BCUT2D eigenvalue weighted by Crippen LogP contribution is 2.54. The Hall–Kier alpha value is 1.22. The molecule has 6 atom stereocenters. The lowest BCUT2D eigenvalue weighted by Crippen LogP contribution is -2.42. The quantitative estimate of drug-likeness (QED) is 0.140. The highest BCUT2D eigenvalue weighted by Gasteiger charge is 2.41. The first kappa shape index (κ1) is 39.0. The molecule has 252 valence electrons. The van der Waals surface area contributed by atoms with Crippen molar-refractivity contribution in [1.82, 2.24) is 0 Å². The maximum Gasteiger partial charge on any atom is 0.0863 e. The van der Waals surface area contributed by atoms with Crippen molar-refractivity contribution in [2.45, 2.75) is 103 Å². The van der Waals surface area contributed by atoms with Gasteiger partial charge < -0.3 is 14.2 Å². The molecule has 0 saturated carbocycles. The van der Waals surface area contributed by atoms with E-state index in [9.17, 15) is 0 Å². The molecular weight excluding hydrogens is 787 g/mol. The third-order valence-electron chi connectivity index (χ3n) is 9.98. The number of hydrogen-bond donors (Lipinski definition) is 0. The lowest BCUT2D eigenvalue weighted by Gasteiger charge is -2.44. The van der Waals surface area contributed by atoms with Gasteiger partial charge in [0.2, 0.25) is 0 Å². The lowest BCUT2D eigenvalue weighted by atomic mass is 9.73. The van der Waals surface area contributed by atoms with E-state index in [-0.39, 0.29) is 73.3 Å². The molecule has 2 heterocycles. The molecule has 2 aliphatic heterocycles. The Morgan fingerprint density at radius 2 is 0.822 bits per heavy atom. The molecule has 2 aromatic carbocycles. The van der Waals surface area contributed by atoms with Crippen LogP contribution in [0.2, 0.25) is 50.2 Å². The van der Waals surface area contributed by atoms with Gasteiger partial charge in [0.1, 0.15) is 0 Å². The summed E-state index contributed by atoms with van der Waals surface area (Å²) in [6.45, 7) is 10.2. The molecule has 2 aromatic rings. The fourth-order valence-electron chi connectivity index (χ4n) is 6.19. The van der Waals surface area contributed by atoms with Crippen LogP contribution in [0.5, 0.6) is 0 Å². The van der Waals surface area contributed by atoms with Crippen molar-refractivity contribution in [3.63, 3.8) is 0 Å². The molecular formula is C32H36Cl10O3. The minimum atomic E-state index is -0.707. The number of ether oxygens (including phenoxy) is 3. The van der Waals surface area contributed by atoms with Gasteiger partial charge in [-0.25, -0.2) is 0 Å². The fraction of sp³-hybridized carbons (Fsp3) is 0.625. The van der Waals surface area contributed by atoms with Gasteiger partial charge in [-0.05, 0) is 62.2 Å². The van der Waals surface area contributed by atoms with Crippen LogP contribution in [0.25, 0.3) is 0 Å². The second kappa shape index (κ2) is 16.1. The number of halogens is 10. The summed E-state index contributed by atoms with van der Waals surface area (Å²) in [5, 5.41) is 1.10. The van der Waals surface area contributed by atoms with Gasteiger partial charge in [0.15, 0.2) is 0 Å². The highest BCUT2D eigenvalue weighted by molar-refractivity contribution is 6.56. The Labute approximate surface area is 316 Å². The molecule has 0 radical (unpaired) electrons. The zero-order chi connectivity index (χ0) is 33.4. The van der Waals surface area contributed by atoms with Gasteiger partial charge in [-0.3, -0.25) is 0 Å². The van der Waals surface area contributed by atoms with E-state index in [2.05, 4.69) is 27.7 Å². The molecule has 0 N–H and O–H groups in total. The minimum Gasteiger partial charge on any atom is -0.377 e. The summed E-state index contributed by atoms with van der Waals surface area (Å²) in [5.74, 6) is 0. The standard InChI is InChI=1S/C32H36Cl10O3/c1-5-31(3,17-9-13-43-17)11-7-15(19-21(33)25(37)29(41)26(38)22(19)34)45-16(8-12-32(4,6-2)18-10-14-44-18)20-23(35)27(39)30(42)28(40)24(20)36/h15-18H,5-14H2,1-4H3. The fourth-order valence-corrected chi connectivity index (χ4v) is 8.98. The Bertz CT molecular complexity index is 1230. The first-order valence-electron chi connectivity index (χ1n) is 15.0. The normalized spacial score (nSPS) is 22.3. The van der Waals surface area contributed by atoms with E-state index in [0.717, 1.165) is 51.7 Å². The summed E-state index contributed by atoms with van der Waals surface area (Å²) in [5.41, 5.74) is 0.599. The Morgan fingerprint density at radius 1 is 0.556 bits per heavy atom. The SMILES string of the molecule is CCC(C)(CCC(OC(CCC(C)(CC)C1CCO1)c1c(Cl)c(Cl)c(Cl)c(Cl)c1Cl)c1c(Cl)c(Cl)c(Cl)c(Cl)c1Cl)C1CCO1. The van der Waals surface area contributed by atoms with Crippen molar-refractivity contribution >= 4 is 116 Å². The van der Waals surface area contributed by atoms with E-state index in [1.807, 2.05) is 0 Å². The van der Waals surface area contributed by atoms with Crippen LogP contribution >= 0.6 is 116 Å². The van der Waals surface area contributed by atoms with Gasteiger partial charge in [-0.1, -0.05) is 144 Å². The van der Waals surface area contributed by atoms with E-state index in [1.54, 1.807) is 0 Å². The van der Waals surface area contributed by atoms with E-state index in [4.69, 9.17) is 130 Å². The van der Waals surface area contributed by atoms with Crippen LogP contribution in [0.4, 0.5) is 0 Å². The summed E-state index contributed by atoms with van der Waals surface area (Å²) in [7, 11) is 0. The second-order valence-electron chi connectivity index (χ2n) is 12.5. The smallest absolute Gasteiger partial charge is 0.0863 e. The highest BCUT2D eigenvalue weighted by atomic mass is 35.5. The van der Waals surface area contributed by atoms with Crippen LogP contribution in [0, 0.1) is 10.8 Å². The van der Waals surface area contributed by atoms with Gasteiger partial charge in [0.05, 0.1) is 74.6 Å². The molecule has 2 fully saturated rings. The predicted molar refractivity (Wildman–Crippen MR) is 194 cm³/mol. The molecule has 4 rings (SSSR count). The van der Waals surface area contributed by atoms with Gasteiger partial charge >= 0.3 is 0 Å². The number of benzene rings is 2. The monoisotopic (exact) mass is 818 g/mol. The number of hydrogen-bond acceptors (Lipinski definition) is 3. The molecule has 0 bridgehead atoms. The largest absolute Gasteiger partial charge is 0.377 e. The summed E-state index contributed by atoms with van der Waals surface area (Å²) in [6.07, 6.45) is 5.06. The lowest BCUT2D eigenvalue weighted by molar-refractivity contribution is -0.135. The van der Waals surface area contributed by atoms with Crippen molar-refractivity contribution in [3.8, 4) is 0 Å². The van der Waals surface area contributed by atoms with E-state index < -0.39 is 12.2 Å². The molecule has 0 aliphatic carbocycles.